The third kappa shape index (κ3) is 2.47. The van der Waals surface area contributed by atoms with Crippen molar-refractivity contribution in [2.75, 3.05) is 14.2 Å². The zero-order chi connectivity index (χ0) is 13.1. The fourth-order valence-corrected chi connectivity index (χ4v) is 1.95. The van der Waals surface area contributed by atoms with Crippen LogP contribution in [0.2, 0.25) is 0 Å². The minimum atomic E-state index is -0.313. The molecule has 0 aliphatic heterocycles. The van der Waals surface area contributed by atoms with Crippen LogP contribution in [-0.4, -0.2) is 31.2 Å². The van der Waals surface area contributed by atoms with Crippen molar-refractivity contribution in [3.8, 4) is 0 Å². The molecule has 4 heteroatoms. The van der Waals surface area contributed by atoms with E-state index in [-0.39, 0.29) is 12.1 Å². The smallest absolute Gasteiger partial charge is 0.409 e. The Morgan fingerprint density at radius 2 is 2.22 bits per heavy atom. The summed E-state index contributed by atoms with van der Waals surface area (Å²) in [5.41, 5.74) is 2.06. The highest BCUT2D eigenvalue weighted by molar-refractivity contribution is 5.77. The van der Waals surface area contributed by atoms with Crippen molar-refractivity contribution < 1.29 is 13.9 Å². The molecule has 0 radical (unpaired) electrons. The van der Waals surface area contributed by atoms with Crippen molar-refractivity contribution in [2.45, 2.75) is 19.4 Å². The van der Waals surface area contributed by atoms with Gasteiger partial charge in [-0.3, -0.25) is 0 Å². The molecule has 0 saturated carbocycles. The summed E-state index contributed by atoms with van der Waals surface area (Å²) < 4.78 is 10.00. The van der Waals surface area contributed by atoms with E-state index in [9.17, 15) is 4.79 Å². The maximum atomic E-state index is 11.4. The van der Waals surface area contributed by atoms with Crippen molar-refractivity contribution >= 4 is 17.1 Å². The van der Waals surface area contributed by atoms with Gasteiger partial charge in [0, 0.05) is 18.5 Å². The minimum Gasteiger partial charge on any atom is -0.464 e. The normalized spacial score (nSPS) is 12.4. The molecule has 4 nitrogen and oxygen atoms in total. The summed E-state index contributed by atoms with van der Waals surface area (Å²) in [6, 6.07) is 8.08. The predicted octanol–water partition coefficient (Wildman–Crippen LogP) is 3.06. The van der Waals surface area contributed by atoms with Crippen molar-refractivity contribution in [1.82, 2.24) is 4.90 Å². The molecule has 0 fully saturated rings. The van der Waals surface area contributed by atoms with Gasteiger partial charge in [0.1, 0.15) is 5.58 Å². The van der Waals surface area contributed by atoms with E-state index in [1.54, 1.807) is 18.2 Å². The molecule has 0 saturated heterocycles. The van der Waals surface area contributed by atoms with Gasteiger partial charge < -0.3 is 14.1 Å². The highest BCUT2D eigenvalue weighted by atomic mass is 16.5. The maximum Gasteiger partial charge on any atom is 0.409 e. The van der Waals surface area contributed by atoms with Crippen LogP contribution in [0, 0.1) is 0 Å². The minimum absolute atomic E-state index is 0.0850. The zero-order valence-corrected chi connectivity index (χ0v) is 10.8. The summed E-state index contributed by atoms with van der Waals surface area (Å²) in [6.45, 7) is 2.00. The second kappa shape index (κ2) is 5.12. The van der Waals surface area contributed by atoms with Crippen LogP contribution in [0.1, 0.15) is 12.5 Å². The van der Waals surface area contributed by atoms with E-state index in [0.717, 1.165) is 17.4 Å². The third-order valence-electron chi connectivity index (χ3n) is 3.17. The molecule has 0 aliphatic rings. The van der Waals surface area contributed by atoms with Crippen molar-refractivity contribution in [3.63, 3.8) is 0 Å². The third-order valence-corrected chi connectivity index (χ3v) is 3.17. The Labute approximate surface area is 106 Å². The van der Waals surface area contributed by atoms with Gasteiger partial charge in [-0.2, -0.15) is 0 Å². The molecule has 18 heavy (non-hydrogen) atoms. The summed E-state index contributed by atoms with van der Waals surface area (Å²) >= 11 is 0. The lowest BCUT2D eigenvalue weighted by molar-refractivity contribution is 0.120. The lowest BCUT2D eigenvalue weighted by atomic mass is 10.0. The summed E-state index contributed by atoms with van der Waals surface area (Å²) in [5, 5.41) is 1.08. The SMILES string of the molecule is COC(=O)N(C)C(C)Cc1ccc2occc2c1. The highest BCUT2D eigenvalue weighted by Crippen LogP contribution is 2.18. The first-order valence-corrected chi connectivity index (χ1v) is 5.88. The predicted molar refractivity (Wildman–Crippen MR) is 69.5 cm³/mol. The Morgan fingerprint density at radius 1 is 1.44 bits per heavy atom. The van der Waals surface area contributed by atoms with Gasteiger partial charge in [0.15, 0.2) is 0 Å². The van der Waals surface area contributed by atoms with E-state index in [4.69, 9.17) is 9.15 Å². The summed E-state index contributed by atoms with van der Waals surface area (Å²) in [7, 11) is 3.13. The number of nitrogens with zero attached hydrogens (tertiary/aromatic N) is 1. The molecule has 0 bridgehead atoms. The first-order valence-electron chi connectivity index (χ1n) is 5.88. The van der Waals surface area contributed by atoms with E-state index < -0.39 is 0 Å². The first kappa shape index (κ1) is 12.5. The lowest BCUT2D eigenvalue weighted by Crippen LogP contribution is -2.36. The van der Waals surface area contributed by atoms with Crippen LogP contribution in [0.25, 0.3) is 11.0 Å². The molecule has 1 aromatic carbocycles. The van der Waals surface area contributed by atoms with Gasteiger partial charge in [-0.15, -0.1) is 0 Å². The number of benzene rings is 1. The molecule has 1 heterocycles. The second-order valence-electron chi connectivity index (χ2n) is 4.43. The number of ether oxygens (including phenoxy) is 1. The van der Waals surface area contributed by atoms with Gasteiger partial charge >= 0.3 is 6.09 Å². The number of likely N-dealkylation sites (N-methyl/N-ethyl adjacent to an activating group) is 1. The lowest BCUT2D eigenvalue weighted by Gasteiger charge is -2.23. The Bertz CT molecular complexity index is 547. The quantitative estimate of drug-likeness (QED) is 0.837. The van der Waals surface area contributed by atoms with E-state index in [0.29, 0.717) is 0 Å². The van der Waals surface area contributed by atoms with Gasteiger partial charge in [-0.05, 0) is 37.1 Å². The van der Waals surface area contributed by atoms with Gasteiger partial charge in [0.05, 0.1) is 13.4 Å². The number of carbonyl (C=O) groups is 1. The molecule has 0 aliphatic carbocycles. The number of hydrogen-bond donors (Lipinski definition) is 0. The van der Waals surface area contributed by atoms with Crippen molar-refractivity contribution in [3.05, 3.63) is 36.1 Å². The molecule has 1 atom stereocenters. The molecule has 0 N–H and O–H groups in total. The highest BCUT2D eigenvalue weighted by Gasteiger charge is 2.16. The van der Waals surface area contributed by atoms with E-state index in [1.165, 1.54) is 12.7 Å². The molecule has 1 aromatic heterocycles. The molecule has 1 unspecified atom stereocenters. The van der Waals surface area contributed by atoms with E-state index in [1.807, 2.05) is 25.1 Å². The maximum absolute atomic E-state index is 11.4. The van der Waals surface area contributed by atoms with Crippen molar-refractivity contribution in [1.29, 1.82) is 0 Å². The van der Waals surface area contributed by atoms with Crippen LogP contribution in [0.3, 0.4) is 0 Å². The monoisotopic (exact) mass is 247 g/mol. The number of hydrogen-bond acceptors (Lipinski definition) is 3. The number of methoxy groups -OCH3 is 1. The molecule has 96 valence electrons. The van der Waals surface area contributed by atoms with Crippen LogP contribution >= 0.6 is 0 Å². The van der Waals surface area contributed by atoms with E-state index >= 15 is 0 Å². The van der Waals surface area contributed by atoms with Gasteiger partial charge in [-0.25, -0.2) is 4.79 Å². The van der Waals surface area contributed by atoms with Crippen molar-refractivity contribution in [2.24, 2.45) is 0 Å². The number of fused-ring (bicyclic) bond motifs is 1. The van der Waals surface area contributed by atoms with Gasteiger partial charge in [0.25, 0.3) is 0 Å². The fourth-order valence-electron chi connectivity index (χ4n) is 1.95. The Balaban J connectivity index is 2.10. The van der Waals surface area contributed by atoms with Crippen LogP contribution in [0.15, 0.2) is 34.9 Å². The van der Waals surface area contributed by atoms with Crippen LogP contribution < -0.4 is 0 Å². The number of rotatable bonds is 3. The van der Waals surface area contributed by atoms with Crippen LogP contribution in [0.4, 0.5) is 4.79 Å². The molecular formula is C14H17NO3. The average molecular weight is 247 g/mol. The molecule has 2 rings (SSSR count). The number of amides is 1. The number of carbonyl (C=O) groups excluding carboxylic acids is 1. The second-order valence-corrected chi connectivity index (χ2v) is 4.43. The van der Waals surface area contributed by atoms with Gasteiger partial charge in [-0.1, -0.05) is 6.07 Å². The van der Waals surface area contributed by atoms with Gasteiger partial charge in [0.2, 0.25) is 0 Å². The van der Waals surface area contributed by atoms with E-state index in [2.05, 4.69) is 6.07 Å². The standard InChI is InChI=1S/C14H17NO3/c1-10(15(2)14(16)17-3)8-11-4-5-13-12(9-11)6-7-18-13/h4-7,9-10H,8H2,1-3H3. The number of furan rings is 1. The molecule has 1 amide bonds. The Hall–Kier alpha value is -1.97. The Kier molecular flexibility index (Phi) is 3.55. The topological polar surface area (TPSA) is 42.7 Å². The van der Waals surface area contributed by atoms with Crippen LogP contribution in [-0.2, 0) is 11.2 Å². The fraction of sp³-hybridized carbons (Fsp3) is 0.357. The molecule has 0 spiro atoms. The van der Waals surface area contributed by atoms with Crippen LogP contribution in [0.5, 0.6) is 0 Å². The molecular weight excluding hydrogens is 230 g/mol. The molecule has 2 aromatic rings. The summed E-state index contributed by atoms with van der Waals surface area (Å²) in [6.07, 6.45) is 2.15. The summed E-state index contributed by atoms with van der Waals surface area (Å²) in [4.78, 5) is 13.0. The summed E-state index contributed by atoms with van der Waals surface area (Å²) in [5.74, 6) is 0. The zero-order valence-electron chi connectivity index (χ0n) is 10.8. The average Bonchev–Trinajstić information content (AvgIpc) is 2.84. The largest absolute Gasteiger partial charge is 0.464 e. The first-order chi connectivity index (χ1) is 8.61. The Morgan fingerprint density at radius 3 is 2.94 bits per heavy atom.